The van der Waals surface area contributed by atoms with E-state index in [0.29, 0.717) is 30.9 Å². The van der Waals surface area contributed by atoms with E-state index in [4.69, 9.17) is 0 Å². The van der Waals surface area contributed by atoms with Crippen LogP contribution in [-0.4, -0.2) is 6.18 Å². The topological polar surface area (TPSA) is 0 Å². The molecule has 1 aromatic rings. The lowest BCUT2D eigenvalue weighted by Gasteiger charge is -2.27. The molecule has 2 rings (SSSR count). The Morgan fingerprint density at radius 2 is 1.59 bits per heavy atom. The lowest BCUT2D eigenvalue weighted by molar-refractivity contribution is -0.0790. The number of rotatable bonds is 5. The molecule has 0 aliphatic heterocycles. The first kappa shape index (κ1) is 21.5. The molecule has 7 heteroatoms. The molecule has 0 nitrogen and oxygen atoms in total. The number of allylic oxidation sites excluding steroid dienone is 2. The molecule has 27 heavy (non-hydrogen) atoms. The normalized spacial score (nSPS) is 22.2. The molecule has 0 amide bonds. The predicted octanol–water partition coefficient (Wildman–Crippen LogP) is 7.75. The summed E-state index contributed by atoms with van der Waals surface area (Å²) >= 11 is 0. The average molecular weight is 394 g/mol. The molecule has 1 aliphatic carbocycles. The lowest BCUT2D eigenvalue weighted by Crippen LogP contribution is -2.15. The molecule has 0 bridgehead atoms. The maximum atomic E-state index is 14.4. The summed E-state index contributed by atoms with van der Waals surface area (Å²) in [5, 5.41) is 0. The van der Waals surface area contributed by atoms with E-state index in [1.165, 1.54) is 0 Å². The number of hydrogen-bond donors (Lipinski definition) is 0. The summed E-state index contributed by atoms with van der Waals surface area (Å²) in [5.74, 6) is -5.36. The summed E-state index contributed by atoms with van der Waals surface area (Å²) in [6.07, 6.45) is -0.336. The lowest BCUT2D eigenvalue weighted by atomic mass is 9.79. The molecular formula is C20H21F7. The monoisotopic (exact) mass is 394 g/mol. The Labute approximate surface area is 153 Å². The van der Waals surface area contributed by atoms with Gasteiger partial charge >= 0.3 is 6.18 Å². The van der Waals surface area contributed by atoms with Crippen LogP contribution < -0.4 is 0 Å². The van der Waals surface area contributed by atoms with Crippen molar-refractivity contribution in [1.29, 1.82) is 0 Å². The molecule has 0 saturated heterocycles. The van der Waals surface area contributed by atoms with Gasteiger partial charge in [-0.05, 0) is 49.8 Å². The Bertz CT molecular complexity index is 685. The zero-order chi connectivity index (χ0) is 20.2. The molecule has 150 valence electrons. The van der Waals surface area contributed by atoms with Crippen LogP contribution in [0.2, 0.25) is 0 Å². The van der Waals surface area contributed by atoms with E-state index in [9.17, 15) is 30.7 Å². The highest BCUT2D eigenvalue weighted by atomic mass is 19.4. The summed E-state index contributed by atoms with van der Waals surface area (Å²) in [6.45, 7) is 2.06. The summed E-state index contributed by atoms with van der Waals surface area (Å²) < 4.78 is 93.1. The summed E-state index contributed by atoms with van der Waals surface area (Å²) in [4.78, 5) is 0. The van der Waals surface area contributed by atoms with Crippen molar-refractivity contribution in [2.75, 3.05) is 0 Å². The van der Waals surface area contributed by atoms with Crippen LogP contribution in [0.15, 0.2) is 24.0 Å². The van der Waals surface area contributed by atoms with E-state index in [2.05, 4.69) is 6.92 Å². The molecule has 1 fully saturated rings. The first-order chi connectivity index (χ1) is 12.6. The van der Waals surface area contributed by atoms with Gasteiger partial charge in [-0.25, -0.2) is 17.6 Å². The molecule has 0 atom stereocenters. The van der Waals surface area contributed by atoms with E-state index < -0.39 is 46.5 Å². The molecule has 0 N–H and O–H groups in total. The van der Waals surface area contributed by atoms with Crippen molar-refractivity contribution < 1.29 is 30.7 Å². The number of hydrogen-bond acceptors (Lipinski definition) is 0. The van der Waals surface area contributed by atoms with Gasteiger partial charge in [0.25, 0.3) is 0 Å². The molecular weight excluding hydrogens is 373 g/mol. The van der Waals surface area contributed by atoms with E-state index in [1.54, 1.807) is 0 Å². The second-order valence-corrected chi connectivity index (χ2v) is 6.90. The van der Waals surface area contributed by atoms with Crippen LogP contribution in [0.25, 0.3) is 11.9 Å². The zero-order valence-corrected chi connectivity index (χ0v) is 14.9. The largest absolute Gasteiger partial charge is 0.409 e. The van der Waals surface area contributed by atoms with Gasteiger partial charge in [0.05, 0.1) is 0 Å². The second kappa shape index (κ2) is 8.93. The molecule has 0 aromatic heterocycles. The van der Waals surface area contributed by atoms with Gasteiger partial charge in [-0.15, -0.1) is 0 Å². The van der Waals surface area contributed by atoms with Crippen LogP contribution in [-0.2, 0) is 0 Å². The maximum Gasteiger partial charge on any atom is 0.409 e. The van der Waals surface area contributed by atoms with E-state index in [-0.39, 0.29) is 12.2 Å². The fraction of sp³-hybridized carbons (Fsp3) is 0.500. The van der Waals surface area contributed by atoms with Gasteiger partial charge < -0.3 is 0 Å². The van der Waals surface area contributed by atoms with Crippen molar-refractivity contribution in [3.8, 4) is 0 Å². The fourth-order valence-corrected chi connectivity index (χ4v) is 3.48. The smallest absolute Gasteiger partial charge is 0.208 e. The van der Waals surface area contributed by atoms with Gasteiger partial charge in [-0.1, -0.05) is 19.8 Å². The average Bonchev–Trinajstić information content (AvgIpc) is 2.59. The van der Waals surface area contributed by atoms with Crippen LogP contribution in [0.5, 0.6) is 0 Å². The Balaban J connectivity index is 2.22. The Hall–Kier alpha value is -1.79. The summed E-state index contributed by atoms with van der Waals surface area (Å²) in [6, 6.07) is 1.02. The molecule has 1 aliphatic rings. The first-order valence-corrected chi connectivity index (χ1v) is 8.93. The molecule has 0 unspecified atom stereocenters. The molecule has 1 aromatic carbocycles. The number of alkyl halides is 3. The Morgan fingerprint density at radius 3 is 2.07 bits per heavy atom. The highest BCUT2D eigenvalue weighted by molar-refractivity contribution is 5.64. The van der Waals surface area contributed by atoms with Crippen molar-refractivity contribution in [2.24, 2.45) is 11.8 Å². The van der Waals surface area contributed by atoms with Crippen LogP contribution in [0.4, 0.5) is 30.7 Å². The van der Waals surface area contributed by atoms with Gasteiger partial charge in [0, 0.05) is 23.1 Å². The molecule has 1 saturated carbocycles. The molecule has 0 spiro atoms. The summed E-state index contributed by atoms with van der Waals surface area (Å²) in [7, 11) is 0. The van der Waals surface area contributed by atoms with Crippen molar-refractivity contribution >= 4 is 11.9 Å². The third-order valence-electron chi connectivity index (χ3n) is 4.88. The minimum Gasteiger partial charge on any atom is -0.208 e. The predicted molar refractivity (Wildman–Crippen MR) is 90.9 cm³/mol. The zero-order valence-electron chi connectivity index (χ0n) is 14.9. The Morgan fingerprint density at radius 1 is 1.04 bits per heavy atom. The Kier molecular flexibility index (Phi) is 7.12. The minimum atomic E-state index is -4.74. The summed E-state index contributed by atoms with van der Waals surface area (Å²) in [5.41, 5.74) is -1.60. The van der Waals surface area contributed by atoms with Crippen LogP contribution >= 0.6 is 0 Å². The van der Waals surface area contributed by atoms with Crippen molar-refractivity contribution in [3.63, 3.8) is 0 Å². The van der Waals surface area contributed by atoms with Crippen LogP contribution in [0.1, 0.15) is 56.6 Å². The fourth-order valence-electron chi connectivity index (χ4n) is 3.48. The van der Waals surface area contributed by atoms with Crippen molar-refractivity contribution in [3.05, 3.63) is 46.8 Å². The van der Waals surface area contributed by atoms with Crippen molar-refractivity contribution in [2.45, 2.75) is 51.6 Å². The molecule has 0 heterocycles. The SMILES string of the molecule is CCCC1CCC(/C(F)=C(\F)c2cc(F)c(/C=C/C(F)(F)F)c(F)c2)CC1. The van der Waals surface area contributed by atoms with E-state index in [1.807, 2.05) is 0 Å². The van der Waals surface area contributed by atoms with Crippen LogP contribution in [0, 0.1) is 23.5 Å². The van der Waals surface area contributed by atoms with E-state index >= 15 is 0 Å². The maximum absolute atomic E-state index is 14.4. The van der Waals surface area contributed by atoms with Gasteiger partial charge in [-0.3, -0.25) is 0 Å². The van der Waals surface area contributed by atoms with Gasteiger partial charge in [0.2, 0.25) is 0 Å². The molecule has 0 radical (unpaired) electrons. The van der Waals surface area contributed by atoms with Crippen molar-refractivity contribution in [1.82, 2.24) is 0 Å². The number of halogens is 7. The van der Waals surface area contributed by atoms with E-state index in [0.717, 1.165) is 25.7 Å². The van der Waals surface area contributed by atoms with Gasteiger partial charge in [-0.2, -0.15) is 13.2 Å². The quantitative estimate of drug-likeness (QED) is 0.448. The second-order valence-electron chi connectivity index (χ2n) is 6.90. The standard InChI is InChI=1S/C20H21F7/c1-2-3-12-4-6-13(7-5-12)18(23)19(24)14-10-16(21)15(17(22)11-14)8-9-20(25,26)27/h8-13H,2-7H2,1H3/b9-8+,19-18+. The highest BCUT2D eigenvalue weighted by Crippen LogP contribution is 2.39. The first-order valence-electron chi connectivity index (χ1n) is 8.93. The van der Waals surface area contributed by atoms with Crippen LogP contribution in [0.3, 0.4) is 0 Å². The third kappa shape index (κ3) is 5.84. The van der Waals surface area contributed by atoms with Gasteiger partial charge in [0.1, 0.15) is 17.5 Å². The third-order valence-corrected chi connectivity index (χ3v) is 4.88. The minimum absolute atomic E-state index is 0.224. The number of benzene rings is 1. The highest BCUT2D eigenvalue weighted by Gasteiger charge is 2.27. The van der Waals surface area contributed by atoms with Gasteiger partial charge in [0.15, 0.2) is 5.83 Å².